The summed E-state index contributed by atoms with van der Waals surface area (Å²) < 4.78 is 10.1. The Morgan fingerprint density at radius 1 is 1.12 bits per heavy atom. The molecule has 0 aromatic rings. The van der Waals surface area contributed by atoms with Gasteiger partial charge in [0, 0.05) is 12.8 Å². The molecular weight excluding hydrogens is 420 g/mol. The van der Waals surface area contributed by atoms with Crippen LogP contribution < -0.4 is 0 Å². The predicted octanol–water partition coefficient (Wildman–Crippen LogP) is 4.73. The van der Waals surface area contributed by atoms with Gasteiger partial charge in [0.15, 0.2) is 6.10 Å². The molecule has 0 spiro atoms. The van der Waals surface area contributed by atoms with Crippen molar-refractivity contribution in [1.29, 1.82) is 0 Å². The number of carbonyl (C=O) groups is 2. The number of rotatable bonds is 13. The van der Waals surface area contributed by atoms with Gasteiger partial charge in [0.05, 0.1) is 13.2 Å². The number of aliphatic hydroxyl groups excluding tert-OH is 2. The lowest BCUT2D eigenvalue weighted by Crippen LogP contribution is -2.24. The van der Waals surface area contributed by atoms with Crippen LogP contribution in [0.15, 0.2) is 24.3 Å². The molecule has 188 valence electrons. The molecule has 0 bridgehead atoms. The molecule has 0 aliphatic heterocycles. The number of ether oxygens (including phenoxy) is 2. The molecule has 0 aromatic carbocycles. The molecule has 0 aromatic heterocycles. The van der Waals surface area contributed by atoms with E-state index >= 15 is 0 Å². The van der Waals surface area contributed by atoms with Crippen LogP contribution in [0.4, 0.5) is 0 Å². The van der Waals surface area contributed by atoms with Crippen molar-refractivity contribution in [2.75, 3.05) is 7.11 Å². The molecule has 2 rings (SSSR count). The predicted molar refractivity (Wildman–Crippen MR) is 128 cm³/mol. The molecule has 0 radical (unpaired) electrons. The van der Waals surface area contributed by atoms with E-state index in [0.717, 1.165) is 38.0 Å². The van der Waals surface area contributed by atoms with E-state index < -0.39 is 18.2 Å². The van der Waals surface area contributed by atoms with Gasteiger partial charge in [0.2, 0.25) is 0 Å². The van der Waals surface area contributed by atoms with Crippen molar-refractivity contribution < 1.29 is 29.3 Å². The van der Waals surface area contributed by atoms with E-state index in [4.69, 9.17) is 4.74 Å². The lowest BCUT2D eigenvalue weighted by atomic mass is 9.89. The van der Waals surface area contributed by atoms with E-state index in [0.29, 0.717) is 18.8 Å². The average Bonchev–Trinajstić information content (AvgIpc) is 3.42. The van der Waals surface area contributed by atoms with Gasteiger partial charge in [-0.25, -0.2) is 4.79 Å². The average molecular weight is 465 g/mol. The lowest BCUT2D eigenvalue weighted by Gasteiger charge is -2.22. The Balaban J connectivity index is 1.89. The zero-order chi connectivity index (χ0) is 24.2. The van der Waals surface area contributed by atoms with Gasteiger partial charge >= 0.3 is 11.9 Å². The molecule has 6 nitrogen and oxygen atoms in total. The summed E-state index contributed by atoms with van der Waals surface area (Å²) >= 11 is 0. The molecule has 0 saturated heterocycles. The van der Waals surface area contributed by atoms with Crippen LogP contribution in [0.3, 0.4) is 0 Å². The van der Waals surface area contributed by atoms with E-state index in [1.807, 2.05) is 18.2 Å². The monoisotopic (exact) mass is 464 g/mol. The summed E-state index contributed by atoms with van der Waals surface area (Å²) in [5.41, 5.74) is 0. The number of unbranched alkanes of at least 4 members (excludes halogenated alkanes) is 1. The van der Waals surface area contributed by atoms with Gasteiger partial charge in [-0.15, -0.1) is 0 Å². The van der Waals surface area contributed by atoms with Crippen molar-refractivity contribution in [2.45, 2.75) is 103 Å². The molecule has 2 N–H and O–H groups in total. The van der Waals surface area contributed by atoms with E-state index in [1.54, 1.807) is 0 Å². The van der Waals surface area contributed by atoms with Crippen molar-refractivity contribution in [3.05, 3.63) is 24.3 Å². The molecule has 6 heteroatoms. The minimum absolute atomic E-state index is 0.121. The fraction of sp³-hybridized carbons (Fsp3) is 0.778. The smallest absolute Gasteiger partial charge is 0.334 e. The summed E-state index contributed by atoms with van der Waals surface area (Å²) in [7, 11) is 1.26. The quantitative estimate of drug-likeness (QED) is 0.302. The Morgan fingerprint density at radius 3 is 2.61 bits per heavy atom. The molecule has 2 aliphatic rings. The van der Waals surface area contributed by atoms with Gasteiger partial charge < -0.3 is 19.7 Å². The van der Waals surface area contributed by atoms with Crippen molar-refractivity contribution in [3.8, 4) is 0 Å². The topological polar surface area (TPSA) is 93.1 Å². The minimum Gasteiger partial charge on any atom is -0.467 e. The summed E-state index contributed by atoms with van der Waals surface area (Å²) in [5, 5.41) is 20.4. The van der Waals surface area contributed by atoms with E-state index in [1.165, 1.54) is 39.7 Å². The molecule has 33 heavy (non-hydrogen) atoms. The Labute approximate surface area is 199 Å². The number of aliphatic hydroxyl groups is 2. The molecule has 0 amide bonds. The zero-order valence-corrected chi connectivity index (χ0v) is 20.7. The van der Waals surface area contributed by atoms with Crippen molar-refractivity contribution >= 4 is 11.9 Å². The van der Waals surface area contributed by atoms with Gasteiger partial charge in [-0.3, -0.25) is 4.79 Å². The first kappa shape index (κ1) is 27.6. The zero-order valence-electron chi connectivity index (χ0n) is 20.7. The lowest BCUT2D eigenvalue weighted by molar-refractivity contribution is -0.150. The Morgan fingerprint density at radius 2 is 1.91 bits per heavy atom. The van der Waals surface area contributed by atoms with E-state index in [-0.39, 0.29) is 23.9 Å². The maximum absolute atomic E-state index is 11.6. The summed E-state index contributed by atoms with van der Waals surface area (Å²) in [4.78, 5) is 22.9. The minimum atomic E-state index is -1.10. The van der Waals surface area contributed by atoms with Crippen LogP contribution >= 0.6 is 0 Å². The second-order valence-corrected chi connectivity index (χ2v) is 9.83. The van der Waals surface area contributed by atoms with Crippen molar-refractivity contribution in [3.63, 3.8) is 0 Å². The van der Waals surface area contributed by atoms with E-state index in [2.05, 4.69) is 17.7 Å². The number of esters is 2. The highest BCUT2D eigenvalue weighted by Crippen LogP contribution is 2.39. The van der Waals surface area contributed by atoms with Crippen molar-refractivity contribution in [2.24, 2.45) is 23.7 Å². The largest absolute Gasteiger partial charge is 0.467 e. The van der Waals surface area contributed by atoms with Crippen LogP contribution in [-0.4, -0.2) is 47.6 Å². The first-order valence-corrected chi connectivity index (χ1v) is 12.8. The highest BCUT2D eigenvalue weighted by Gasteiger charge is 2.36. The van der Waals surface area contributed by atoms with Crippen LogP contribution in [0.5, 0.6) is 0 Å². The molecule has 3 unspecified atom stereocenters. The first-order chi connectivity index (χ1) is 15.8. The Hall–Kier alpha value is -1.66. The Bertz CT molecular complexity index is 657. The molecule has 2 saturated carbocycles. The van der Waals surface area contributed by atoms with Crippen LogP contribution in [0.2, 0.25) is 0 Å². The number of allylic oxidation sites excluding steroid dienone is 3. The maximum Gasteiger partial charge on any atom is 0.334 e. The van der Waals surface area contributed by atoms with Gasteiger partial charge in [0.1, 0.15) is 6.10 Å². The van der Waals surface area contributed by atoms with Gasteiger partial charge in [-0.05, 0) is 62.7 Å². The SMILES string of the molecule is CCCCC1CCC([C@H](O)C=C[C@H]2CC[C@H](OC(C)=O)[C@@H]2CC=CCCC(O)C(=O)OC)C1. The maximum atomic E-state index is 11.6. The second kappa shape index (κ2) is 14.6. The normalized spacial score (nSPS) is 29.5. The molecular formula is C27H44O6. The van der Waals surface area contributed by atoms with Gasteiger partial charge in [-0.1, -0.05) is 56.9 Å². The third-order valence-corrected chi connectivity index (χ3v) is 7.37. The third-order valence-electron chi connectivity index (χ3n) is 7.37. The molecule has 0 heterocycles. The third kappa shape index (κ3) is 9.24. The first-order valence-electron chi connectivity index (χ1n) is 12.8. The Kier molecular flexibility index (Phi) is 12.2. The van der Waals surface area contributed by atoms with Crippen LogP contribution in [0, 0.1) is 23.7 Å². The standard InChI is InChI=1S/C27H44O6/c1-4-5-9-20-12-13-22(18-20)24(29)16-14-21-15-17-26(33-19(2)28)23(21)10-7-6-8-11-25(30)27(31)32-3/h6-7,14,16,20-26,29-30H,4-5,8-13,15,17-18H2,1-3H3/t20?,21-,22?,23+,24+,25?,26-/m0/s1. The summed E-state index contributed by atoms with van der Waals surface area (Å²) in [6.07, 6.45) is 17.1. The number of methoxy groups -OCH3 is 1. The molecule has 7 atom stereocenters. The highest BCUT2D eigenvalue weighted by atomic mass is 16.5. The molecule has 2 aliphatic carbocycles. The van der Waals surface area contributed by atoms with Gasteiger partial charge in [0.25, 0.3) is 0 Å². The van der Waals surface area contributed by atoms with E-state index in [9.17, 15) is 19.8 Å². The summed E-state index contributed by atoms with van der Waals surface area (Å²) in [6, 6.07) is 0. The highest BCUT2D eigenvalue weighted by molar-refractivity contribution is 5.74. The number of hydrogen-bond acceptors (Lipinski definition) is 6. The fourth-order valence-corrected chi connectivity index (χ4v) is 5.46. The summed E-state index contributed by atoms with van der Waals surface area (Å²) in [6.45, 7) is 3.68. The van der Waals surface area contributed by atoms with Crippen LogP contribution in [0.1, 0.15) is 84.5 Å². The van der Waals surface area contributed by atoms with Crippen LogP contribution in [0.25, 0.3) is 0 Å². The van der Waals surface area contributed by atoms with Crippen molar-refractivity contribution in [1.82, 2.24) is 0 Å². The van der Waals surface area contributed by atoms with Gasteiger partial charge in [-0.2, -0.15) is 0 Å². The fourth-order valence-electron chi connectivity index (χ4n) is 5.46. The number of hydrogen-bond donors (Lipinski definition) is 2. The second-order valence-electron chi connectivity index (χ2n) is 9.83. The molecule has 2 fully saturated rings. The summed E-state index contributed by atoms with van der Waals surface area (Å²) in [5.74, 6) is 0.661. The van der Waals surface area contributed by atoms with Crippen LogP contribution in [-0.2, 0) is 19.1 Å². The number of carbonyl (C=O) groups excluding carboxylic acids is 2.